The van der Waals surface area contributed by atoms with E-state index in [2.05, 4.69) is 4.98 Å². The van der Waals surface area contributed by atoms with E-state index in [0.717, 1.165) is 17.0 Å². The molecule has 0 aliphatic heterocycles. The molecule has 14 heavy (non-hydrogen) atoms. The Morgan fingerprint density at radius 2 is 2.07 bits per heavy atom. The summed E-state index contributed by atoms with van der Waals surface area (Å²) in [4.78, 5) is 4.15. The summed E-state index contributed by atoms with van der Waals surface area (Å²) in [6.45, 7) is 6.01. The summed E-state index contributed by atoms with van der Waals surface area (Å²) in [7, 11) is 1.67. The summed E-state index contributed by atoms with van der Waals surface area (Å²) in [5.74, 6) is 0.883. The zero-order chi connectivity index (χ0) is 10.6. The van der Waals surface area contributed by atoms with Gasteiger partial charge >= 0.3 is 0 Å². The molecular weight excluding hydrogens is 176 g/mol. The number of rotatable bonds is 1. The first-order chi connectivity index (χ1) is 6.81. The average molecular weight is 192 g/mol. The molecule has 2 heterocycles. The molecule has 0 saturated heterocycles. The van der Waals surface area contributed by atoms with Crippen molar-refractivity contribution in [3.8, 4) is 5.75 Å². The first kappa shape index (κ1) is 10.6. The number of fused-ring (bicyclic) bond motifs is 1. The normalized spacial score (nSPS) is 9.43. The standard InChI is InChI=1S/C9H10N2O.C2H6/c1-7-6-11-4-3-10-9(11)5-8(7)12-2;1-2/h3-6H,1-2H3;1-2H3. The number of hydrogen-bond donors (Lipinski definition) is 0. The minimum absolute atomic E-state index is 0.883. The van der Waals surface area contributed by atoms with Gasteiger partial charge in [-0.25, -0.2) is 4.98 Å². The lowest BCUT2D eigenvalue weighted by Crippen LogP contribution is -1.91. The lowest BCUT2D eigenvalue weighted by molar-refractivity contribution is 0.411. The van der Waals surface area contributed by atoms with E-state index in [1.807, 2.05) is 43.6 Å². The summed E-state index contributed by atoms with van der Waals surface area (Å²) in [6.07, 6.45) is 5.69. The maximum Gasteiger partial charge on any atom is 0.140 e. The van der Waals surface area contributed by atoms with Crippen LogP contribution in [0.4, 0.5) is 0 Å². The molecule has 0 amide bonds. The van der Waals surface area contributed by atoms with Gasteiger partial charge in [-0.2, -0.15) is 0 Å². The van der Waals surface area contributed by atoms with Crippen molar-refractivity contribution in [3.63, 3.8) is 0 Å². The number of hydrogen-bond acceptors (Lipinski definition) is 2. The third-order valence-electron chi connectivity index (χ3n) is 1.90. The van der Waals surface area contributed by atoms with Crippen LogP contribution in [0.3, 0.4) is 0 Å². The van der Waals surface area contributed by atoms with Crippen LogP contribution in [-0.4, -0.2) is 16.5 Å². The molecule has 0 bridgehead atoms. The highest BCUT2D eigenvalue weighted by Gasteiger charge is 2.00. The Morgan fingerprint density at radius 3 is 2.71 bits per heavy atom. The first-order valence-electron chi connectivity index (χ1n) is 4.78. The van der Waals surface area contributed by atoms with Crippen molar-refractivity contribution < 1.29 is 4.74 Å². The topological polar surface area (TPSA) is 26.5 Å². The molecular formula is C11H16N2O. The van der Waals surface area contributed by atoms with Crippen LogP contribution in [0.2, 0.25) is 0 Å². The van der Waals surface area contributed by atoms with Gasteiger partial charge in [-0.3, -0.25) is 0 Å². The Bertz CT molecular complexity index is 407. The molecule has 0 aromatic carbocycles. The largest absolute Gasteiger partial charge is 0.496 e. The molecule has 0 unspecified atom stereocenters. The van der Waals surface area contributed by atoms with Crippen LogP contribution in [0.1, 0.15) is 19.4 Å². The monoisotopic (exact) mass is 192 g/mol. The van der Waals surface area contributed by atoms with Gasteiger partial charge in [0.05, 0.1) is 7.11 Å². The van der Waals surface area contributed by atoms with Crippen LogP contribution < -0.4 is 4.74 Å². The van der Waals surface area contributed by atoms with Crippen molar-refractivity contribution in [3.05, 3.63) is 30.2 Å². The van der Waals surface area contributed by atoms with Gasteiger partial charge in [0, 0.05) is 30.2 Å². The third kappa shape index (κ3) is 1.87. The second-order valence-electron chi connectivity index (χ2n) is 2.72. The van der Waals surface area contributed by atoms with Crippen molar-refractivity contribution >= 4 is 5.65 Å². The molecule has 0 aliphatic carbocycles. The number of imidazole rings is 1. The number of methoxy groups -OCH3 is 1. The van der Waals surface area contributed by atoms with E-state index >= 15 is 0 Å². The molecule has 0 fully saturated rings. The van der Waals surface area contributed by atoms with Crippen LogP contribution >= 0.6 is 0 Å². The Morgan fingerprint density at radius 1 is 1.36 bits per heavy atom. The lowest BCUT2D eigenvalue weighted by Gasteiger charge is -2.04. The van der Waals surface area contributed by atoms with E-state index in [0.29, 0.717) is 0 Å². The highest BCUT2D eigenvalue weighted by molar-refractivity contribution is 5.47. The maximum absolute atomic E-state index is 5.17. The van der Waals surface area contributed by atoms with Crippen LogP contribution in [-0.2, 0) is 0 Å². The summed E-state index contributed by atoms with van der Waals surface area (Å²) < 4.78 is 7.14. The fourth-order valence-corrected chi connectivity index (χ4v) is 1.27. The molecule has 0 saturated carbocycles. The maximum atomic E-state index is 5.17. The molecule has 0 aliphatic rings. The third-order valence-corrected chi connectivity index (χ3v) is 1.90. The number of aryl methyl sites for hydroxylation is 1. The number of pyridine rings is 1. The Labute approximate surface area is 84.3 Å². The molecule has 3 heteroatoms. The van der Waals surface area contributed by atoms with Gasteiger partial charge in [-0.1, -0.05) is 13.8 Å². The fourth-order valence-electron chi connectivity index (χ4n) is 1.27. The van der Waals surface area contributed by atoms with Crippen molar-refractivity contribution in [2.45, 2.75) is 20.8 Å². The van der Waals surface area contributed by atoms with Crippen LogP contribution in [0, 0.1) is 6.92 Å². The molecule has 2 aromatic rings. The molecule has 2 aromatic heterocycles. The SMILES string of the molecule is CC.COc1cc2nccn2cc1C. The number of nitrogens with zero attached hydrogens (tertiary/aromatic N) is 2. The molecule has 0 spiro atoms. The summed E-state index contributed by atoms with van der Waals surface area (Å²) in [6, 6.07) is 1.93. The Balaban J connectivity index is 0.000000461. The number of ether oxygens (including phenoxy) is 1. The second kappa shape index (κ2) is 4.65. The van der Waals surface area contributed by atoms with E-state index in [1.165, 1.54) is 0 Å². The summed E-state index contributed by atoms with van der Waals surface area (Å²) in [5.41, 5.74) is 2.03. The molecule has 76 valence electrons. The van der Waals surface area contributed by atoms with Gasteiger partial charge in [-0.05, 0) is 6.92 Å². The molecule has 0 radical (unpaired) electrons. The van der Waals surface area contributed by atoms with Crippen LogP contribution in [0.5, 0.6) is 5.75 Å². The van der Waals surface area contributed by atoms with E-state index < -0.39 is 0 Å². The van der Waals surface area contributed by atoms with Crippen molar-refractivity contribution in [1.29, 1.82) is 0 Å². The van der Waals surface area contributed by atoms with Gasteiger partial charge in [0.2, 0.25) is 0 Å². The molecule has 3 nitrogen and oxygen atoms in total. The summed E-state index contributed by atoms with van der Waals surface area (Å²) in [5, 5.41) is 0. The smallest absolute Gasteiger partial charge is 0.140 e. The minimum Gasteiger partial charge on any atom is -0.496 e. The predicted octanol–water partition coefficient (Wildman–Crippen LogP) is 2.68. The predicted molar refractivity (Wildman–Crippen MR) is 57.8 cm³/mol. The zero-order valence-corrected chi connectivity index (χ0v) is 9.11. The van der Waals surface area contributed by atoms with Crippen molar-refractivity contribution in [2.75, 3.05) is 7.11 Å². The lowest BCUT2D eigenvalue weighted by atomic mass is 10.3. The summed E-state index contributed by atoms with van der Waals surface area (Å²) >= 11 is 0. The average Bonchev–Trinajstić information content (AvgIpc) is 2.66. The van der Waals surface area contributed by atoms with E-state index in [9.17, 15) is 0 Å². The van der Waals surface area contributed by atoms with Gasteiger partial charge in [0.1, 0.15) is 11.4 Å². The molecule has 0 atom stereocenters. The van der Waals surface area contributed by atoms with Gasteiger partial charge in [-0.15, -0.1) is 0 Å². The quantitative estimate of drug-likeness (QED) is 0.694. The number of aromatic nitrogens is 2. The van der Waals surface area contributed by atoms with Gasteiger partial charge in [0.25, 0.3) is 0 Å². The van der Waals surface area contributed by atoms with E-state index in [-0.39, 0.29) is 0 Å². The van der Waals surface area contributed by atoms with Gasteiger partial charge < -0.3 is 9.14 Å². The Kier molecular flexibility index (Phi) is 3.51. The fraction of sp³-hybridized carbons (Fsp3) is 0.364. The van der Waals surface area contributed by atoms with Crippen molar-refractivity contribution in [2.24, 2.45) is 0 Å². The van der Waals surface area contributed by atoms with E-state index in [1.54, 1.807) is 13.3 Å². The first-order valence-corrected chi connectivity index (χ1v) is 4.78. The minimum atomic E-state index is 0.883. The molecule has 2 rings (SSSR count). The van der Waals surface area contributed by atoms with Crippen molar-refractivity contribution in [1.82, 2.24) is 9.38 Å². The van der Waals surface area contributed by atoms with E-state index in [4.69, 9.17) is 4.74 Å². The highest BCUT2D eigenvalue weighted by atomic mass is 16.5. The second-order valence-corrected chi connectivity index (χ2v) is 2.72. The van der Waals surface area contributed by atoms with Crippen LogP contribution in [0.15, 0.2) is 24.7 Å². The zero-order valence-electron chi connectivity index (χ0n) is 9.11. The molecule has 0 N–H and O–H groups in total. The van der Waals surface area contributed by atoms with Gasteiger partial charge in [0.15, 0.2) is 0 Å². The van der Waals surface area contributed by atoms with Crippen LogP contribution in [0.25, 0.3) is 5.65 Å². The Hall–Kier alpha value is -1.51. The highest BCUT2D eigenvalue weighted by Crippen LogP contribution is 2.18.